The maximum absolute atomic E-state index is 13.3. The lowest BCUT2D eigenvalue weighted by atomic mass is 9.87. The third kappa shape index (κ3) is 3.64. The lowest BCUT2D eigenvalue weighted by Crippen LogP contribution is -2.44. The van der Waals surface area contributed by atoms with Crippen molar-refractivity contribution in [3.05, 3.63) is 51.7 Å². The van der Waals surface area contributed by atoms with Crippen molar-refractivity contribution >= 4 is 40.1 Å². The average Bonchev–Trinajstić information content (AvgIpc) is 3.24. The van der Waals surface area contributed by atoms with Crippen LogP contribution in [0.15, 0.2) is 24.3 Å². The van der Waals surface area contributed by atoms with Crippen LogP contribution in [0.25, 0.3) is 0 Å². The molecule has 5 amide bonds. The van der Waals surface area contributed by atoms with Crippen LogP contribution in [0.2, 0.25) is 0 Å². The van der Waals surface area contributed by atoms with Crippen molar-refractivity contribution in [3.63, 3.8) is 0 Å². The van der Waals surface area contributed by atoms with Gasteiger partial charge >= 0.3 is 6.03 Å². The largest absolute Gasteiger partial charge is 0.365 e. The molecule has 4 rings (SSSR count). The minimum absolute atomic E-state index is 0.227. The molecule has 8 nitrogen and oxygen atoms in total. The number of hydrogen-bond donors (Lipinski definition) is 3. The van der Waals surface area contributed by atoms with E-state index in [4.69, 9.17) is 5.73 Å². The predicted octanol–water partition coefficient (Wildman–Crippen LogP) is 2.66. The van der Waals surface area contributed by atoms with E-state index in [1.54, 1.807) is 6.92 Å². The first-order chi connectivity index (χ1) is 15.3. The maximum Gasteiger partial charge on any atom is 0.325 e. The Balaban J connectivity index is 1.55. The second-order valence-corrected chi connectivity index (χ2v) is 9.02. The summed E-state index contributed by atoms with van der Waals surface area (Å²) in [5.74, 6) is -2.28. The van der Waals surface area contributed by atoms with Gasteiger partial charge in [0.15, 0.2) is 0 Å². The van der Waals surface area contributed by atoms with Gasteiger partial charge < -0.3 is 16.4 Å². The van der Waals surface area contributed by atoms with E-state index in [1.165, 1.54) is 35.6 Å². The molecule has 10 heteroatoms. The fraction of sp³-hybridized carbons (Fsp3) is 0.364. The van der Waals surface area contributed by atoms with Gasteiger partial charge in [-0.3, -0.25) is 19.3 Å². The van der Waals surface area contributed by atoms with E-state index in [1.807, 2.05) is 0 Å². The minimum atomic E-state index is -1.37. The summed E-state index contributed by atoms with van der Waals surface area (Å²) in [6.45, 7) is 1.20. The van der Waals surface area contributed by atoms with Gasteiger partial charge in [-0.25, -0.2) is 9.18 Å². The summed E-state index contributed by atoms with van der Waals surface area (Å²) in [7, 11) is 0. The summed E-state index contributed by atoms with van der Waals surface area (Å²) in [6.07, 6.45) is 3.72. The number of aryl methyl sites for hydroxylation is 1. The molecule has 168 valence electrons. The molecule has 4 N–H and O–H groups in total. The van der Waals surface area contributed by atoms with Crippen LogP contribution in [0, 0.1) is 5.82 Å². The van der Waals surface area contributed by atoms with Crippen LogP contribution in [0.5, 0.6) is 0 Å². The Morgan fingerprint density at radius 2 is 1.91 bits per heavy atom. The molecule has 0 bridgehead atoms. The van der Waals surface area contributed by atoms with Crippen LogP contribution >= 0.6 is 11.3 Å². The number of nitrogens with two attached hydrogens (primary N) is 1. The number of hydrogen-bond acceptors (Lipinski definition) is 5. The van der Waals surface area contributed by atoms with Gasteiger partial charge in [-0.05, 0) is 55.4 Å². The van der Waals surface area contributed by atoms with Crippen molar-refractivity contribution in [3.8, 4) is 0 Å². The van der Waals surface area contributed by atoms with Gasteiger partial charge in [0.05, 0.1) is 5.56 Å². The molecule has 1 aromatic heterocycles. The molecule has 1 aromatic carbocycles. The van der Waals surface area contributed by atoms with E-state index >= 15 is 0 Å². The van der Waals surface area contributed by atoms with Gasteiger partial charge in [0.2, 0.25) is 5.91 Å². The number of carbonyl (C=O) groups is 4. The Bertz CT molecular complexity index is 1110. The smallest absolute Gasteiger partial charge is 0.325 e. The molecular formula is C22H23FN4O4S. The second kappa shape index (κ2) is 8.34. The highest BCUT2D eigenvalue weighted by Crippen LogP contribution is 2.38. The van der Waals surface area contributed by atoms with Gasteiger partial charge in [-0.15, -0.1) is 11.3 Å². The lowest BCUT2D eigenvalue weighted by molar-refractivity contribution is -0.134. The Hall–Kier alpha value is -3.27. The Morgan fingerprint density at radius 3 is 2.56 bits per heavy atom. The Morgan fingerprint density at radius 1 is 1.22 bits per heavy atom. The number of rotatable bonds is 6. The van der Waals surface area contributed by atoms with Crippen molar-refractivity contribution < 1.29 is 23.6 Å². The fourth-order valence-corrected chi connectivity index (χ4v) is 5.68. The number of nitrogens with one attached hydrogen (secondary N) is 2. The Labute approximate surface area is 188 Å². The SMILES string of the molecule is CC[C@]1(c2ccc(F)cc2)NC(=O)N(CC(=O)Nc2sc3c(c2C(N)=O)CCCC3)C1=O. The maximum atomic E-state index is 13.3. The number of amides is 5. The number of urea groups is 1. The molecule has 2 aliphatic rings. The third-order valence-electron chi connectivity index (χ3n) is 6.02. The van der Waals surface area contributed by atoms with Crippen LogP contribution in [0.1, 0.15) is 52.5 Å². The Kier molecular flexibility index (Phi) is 5.72. The number of imide groups is 1. The van der Waals surface area contributed by atoms with Crippen molar-refractivity contribution in [2.24, 2.45) is 5.73 Å². The molecule has 0 unspecified atom stereocenters. The first-order valence-electron chi connectivity index (χ1n) is 10.4. The minimum Gasteiger partial charge on any atom is -0.365 e. The van der Waals surface area contributed by atoms with Crippen LogP contribution in [-0.4, -0.2) is 35.2 Å². The molecule has 2 aromatic rings. The first-order valence-corrected chi connectivity index (χ1v) is 11.2. The summed E-state index contributed by atoms with van der Waals surface area (Å²) in [4.78, 5) is 52.4. The van der Waals surface area contributed by atoms with Crippen LogP contribution < -0.4 is 16.4 Å². The average molecular weight is 459 g/mol. The topological polar surface area (TPSA) is 122 Å². The molecule has 1 fully saturated rings. The molecule has 1 aliphatic heterocycles. The molecule has 2 heterocycles. The molecular weight excluding hydrogens is 435 g/mol. The van der Waals surface area contributed by atoms with Gasteiger partial charge in [0, 0.05) is 4.88 Å². The molecule has 1 atom stereocenters. The quantitative estimate of drug-likeness (QED) is 0.576. The second-order valence-electron chi connectivity index (χ2n) is 7.91. The van der Waals surface area contributed by atoms with Crippen molar-refractivity contribution in [1.29, 1.82) is 0 Å². The fourth-order valence-electron chi connectivity index (χ4n) is 4.37. The number of primary amides is 1. The van der Waals surface area contributed by atoms with Crippen LogP contribution in [0.4, 0.5) is 14.2 Å². The molecule has 32 heavy (non-hydrogen) atoms. The number of halogens is 1. The van der Waals surface area contributed by atoms with E-state index in [-0.39, 0.29) is 6.42 Å². The first kappa shape index (κ1) is 21.9. The van der Waals surface area contributed by atoms with E-state index in [9.17, 15) is 23.6 Å². The van der Waals surface area contributed by atoms with Crippen LogP contribution in [-0.2, 0) is 28.0 Å². The summed E-state index contributed by atoms with van der Waals surface area (Å²) in [5.41, 5.74) is 5.81. The number of carbonyl (C=O) groups excluding carboxylic acids is 4. The molecule has 1 saturated heterocycles. The highest BCUT2D eigenvalue weighted by Gasteiger charge is 2.51. The van der Waals surface area contributed by atoms with E-state index in [2.05, 4.69) is 10.6 Å². The zero-order valence-corrected chi connectivity index (χ0v) is 18.3. The molecule has 0 radical (unpaired) electrons. The van der Waals surface area contributed by atoms with Crippen molar-refractivity contribution in [2.45, 2.75) is 44.6 Å². The summed E-state index contributed by atoms with van der Waals surface area (Å²) < 4.78 is 13.3. The van der Waals surface area contributed by atoms with Crippen LogP contribution in [0.3, 0.4) is 0 Å². The zero-order chi connectivity index (χ0) is 23.0. The van der Waals surface area contributed by atoms with Gasteiger partial charge in [-0.2, -0.15) is 0 Å². The van der Waals surface area contributed by atoms with Crippen molar-refractivity contribution in [2.75, 3.05) is 11.9 Å². The summed E-state index contributed by atoms with van der Waals surface area (Å²) in [5, 5.41) is 5.67. The monoisotopic (exact) mass is 458 g/mol. The highest BCUT2D eigenvalue weighted by atomic mass is 32.1. The zero-order valence-electron chi connectivity index (χ0n) is 17.5. The van der Waals surface area contributed by atoms with Gasteiger partial charge in [0.25, 0.3) is 11.8 Å². The van der Waals surface area contributed by atoms with E-state index < -0.39 is 41.7 Å². The summed E-state index contributed by atoms with van der Waals surface area (Å²) >= 11 is 1.31. The standard InChI is InChI=1S/C22H23FN4O4S/c1-2-22(12-7-9-13(23)10-8-12)20(30)27(21(31)26-22)11-16(28)25-19-17(18(24)29)14-5-3-4-6-15(14)32-19/h7-10H,2-6,11H2,1H3,(H2,24,29)(H,25,28)(H,26,31)/t22-/m1/s1. The lowest BCUT2D eigenvalue weighted by Gasteiger charge is -2.25. The molecule has 0 saturated carbocycles. The number of fused-ring (bicyclic) bond motifs is 1. The number of anilines is 1. The van der Waals surface area contributed by atoms with Gasteiger partial charge in [0.1, 0.15) is 22.9 Å². The predicted molar refractivity (Wildman–Crippen MR) is 117 cm³/mol. The summed E-state index contributed by atoms with van der Waals surface area (Å²) in [6, 6.07) is 4.60. The van der Waals surface area contributed by atoms with Gasteiger partial charge in [-0.1, -0.05) is 19.1 Å². The highest BCUT2D eigenvalue weighted by molar-refractivity contribution is 7.17. The number of nitrogens with zero attached hydrogens (tertiary/aromatic N) is 1. The molecule has 1 aliphatic carbocycles. The molecule has 0 spiro atoms. The van der Waals surface area contributed by atoms with E-state index in [0.717, 1.165) is 41.0 Å². The third-order valence-corrected chi connectivity index (χ3v) is 7.22. The number of benzene rings is 1. The number of thiophene rings is 1. The normalized spacial score (nSPS) is 20.1. The van der Waals surface area contributed by atoms with E-state index in [0.29, 0.717) is 16.1 Å². The van der Waals surface area contributed by atoms with Crippen molar-refractivity contribution in [1.82, 2.24) is 10.2 Å².